The molecule has 0 amide bonds. The fraction of sp³-hybridized carbons (Fsp3) is 0.636. The quantitative estimate of drug-likeness (QED) is 0.513. The fourth-order valence-electron chi connectivity index (χ4n) is 2.04. The Balaban J connectivity index is 1.69. The van der Waals surface area contributed by atoms with Crippen molar-refractivity contribution in [2.24, 2.45) is 11.8 Å². The van der Waals surface area contributed by atoms with Crippen LogP contribution in [-0.2, 0) is 4.74 Å². The smallest absolute Gasteiger partial charge is 0.0682 e. The topological polar surface area (TPSA) is 29.5 Å². The first kappa shape index (κ1) is 8.97. The van der Waals surface area contributed by atoms with Crippen molar-refractivity contribution in [1.29, 1.82) is 0 Å². The predicted octanol–water partition coefficient (Wildman–Crippen LogP) is 1.52. The lowest BCUT2D eigenvalue weighted by molar-refractivity contribution is 0.131. The van der Waals surface area contributed by atoms with Crippen molar-refractivity contribution in [3.63, 3.8) is 0 Å². The molecule has 0 saturated carbocycles. The summed E-state index contributed by atoms with van der Waals surface area (Å²) in [6.45, 7) is 1.66. The van der Waals surface area contributed by atoms with Crippen molar-refractivity contribution >= 4 is 0 Å². The Bertz CT molecular complexity index is 230. The number of rotatable bonds is 5. The van der Waals surface area contributed by atoms with Crippen LogP contribution in [0.3, 0.4) is 0 Å². The van der Waals surface area contributed by atoms with Crippen LogP contribution in [0.2, 0.25) is 0 Å². The third kappa shape index (κ3) is 2.01. The van der Waals surface area contributed by atoms with Gasteiger partial charge in [-0.1, -0.05) is 18.2 Å². The van der Waals surface area contributed by atoms with Gasteiger partial charge in [0.15, 0.2) is 0 Å². The highest BCUT2D eigenvalue weighted by Crippen LogP contribution is 2.38. The summed E-state index contributed by atoms with van der Waals surface area (Å²) in [5, 5.41) is 8.56. The summed E-state index contributed by atoms with van der Waals surface area (Å²) < 4.78 is 5.45. The standard InChI is InChI=1S/C11H16O2/c12-4-1-5-13-8-11-7-9-2-3-10(11)6-9/h2-3,7,9-10,12H,1,4-6,8H2/t9-,10+/m0/s1. The molecule has 0 spiro atoms. The minimum absolute atomic E-state index is 0.227. The summed E-state index contributed by atoms with van der Waals surface area (Å²) in [5.41, 5.74) is 1.44. The summed E-state index contributed by atoms with van der Waals surface area (Å²) in [5.74, 6) is 1.33. The van der Waals surface area contributed by atoms with Gasteiger partial charge in [-0.2, -0.15) is 0 Å². The van der Waals surface area contributed by atoms with Gasteiger partial charge >= 0.3 is 0 Å². The summed E-state index contributed by atoms with van der Waals surface area (Å²) in [6, 6.07) is 0. The molecule has 0 radical (unpaired) electrons. The SMILES string of the molecule is OCCCOCC1=C[C@H]2C=C[C@@H]1C2. The molecule has 2 aliphatic rings. The lowest BCUT2D eigenvalue weighted by Gasteiger charge is -2.09. The van der Waals surface area contributed by atoms with Gasteiger partial charge in [-0.25, -0.2) is 0 Å². The molecule has 2 heteroatoms. The summed E-state index contributed by atoms with van der Waals surface area (Å²) in [6.07, 6.45) is 8.90. The van der Waals surface area contributed by atoms with Crippen molar-refractivity contribution in [1.82, 2.24) is 0 Å². The predicted molar refractivity (Wildman–Crippen MR) is 51.3 cm³/mol. The van der Waals surface area contributed by atoms with E-state index < -0.39 is 0 Å². The molecule has 0 aromatic heterocycles. The third-order valence-electron chi connectivity index (χ3n) is 2.74. The zero-order valence-corrected chi connectivity index (χ0v) is 7.78. The first-order chi connectivity index (χ1) is 6.40. The molecular formula is C11H16O2. The molecule has 2 rings (SSSR count). The van der Waals surface area contributed by atoms with Crippen LogP contribution < -0.4 is 0 Å². The van der Waals surface area contributed by atoms with Crippen molar-refractivity contribution in [2.45, 2.75) is 12.8 Å². The Kier molecular flexibility index (Phi) is 2.81. The summed E-state index contributed by atoms with van der Waals surface area (Å²) in [7, 11) is 0. The van der Waals surface area contributed by atoms with Crippen LogP contribution in [0.1, 0.15) is 12.8 Å². The normalized spacial score (nSPS) is 29.8. The maximum absolute atomic E-state index is 8.56. The van der Waals surface area contributed by atoms with E-state index in [-0.39, 0.29) is 6.61 Å². The lowest BCUT2D eigenvalue weighted by atomic mass is 10.0. The molecule has 0 unspecified atom stereocenters. The van der Waals surface area contributed by atoms with E-state index in [1.165, 1.54) is 12.0 Å². The van der Waals surface area contributed by atoms with Gasteiger partial charge in [-0.3, -0.25) is 0 Å². The largest absolute Gasteiger partial charge is 0.396 e. The van der Waals surface area contributed by atoms with E-state index in [1.54, 1.807) is 0 Å². The Hall–Kier alpha value is -0.600. The van der Waals surface area contributed by atoms with Crippen LogP contribution in [0.15, 0.2) is 23.8 Å². The molecule has 2 bridgehead atoms. The molecule has 0 aliphatic heterocycles. The first-order valence-electron chi connectivity index (χ1n) is 4.97. The van der Waals surface area contributed by atoms with Crippen LogP contribution in [0.25, 0.3) is 0 Å². The number of aliphatic hydroxyl groups is 1. The van der Waals surface area contributed by atoms with E-state index in [0.29, 0.717) is 18.4 Å². The summed E-state index contributed by atoms with van der Waals surface area (Å²) in [4.78, 5) is 0. The molecule has 2 nitrogen and oxygen atoms in total. The Labute approximate surface area is 78.9 Å². The number of hydrogen-bond donors (Lipinski definition) is 1. The van der Waals surface area contributed by atoms with E-state index >= 15 is 0 Å². The lowest BCUT2D eigenvalue weighted by Crippen LogP contribution is -2.05. The number of ether oxygens (including phenoxy) is 1. The molecule has 2 aliphatic carbocycles. The third-order valence-corrected chi connectivity index (χ3v) is 2.74. The van der Waals surface area contributed by atoms with Crippen LogP contribution >= 0.6 is 0 Å². The monoisotopic (exact) mass is 180 g/mol. The highest BCUT2D eigenvalue weighted by Gasteiger charge is 2.27. The zero-order chi connectivity index (χ0) is 9.10. The fourth-order valence-corrected chi connectivity index (χ4v) is 2.04. The van der Waals surface area contributed by atoms with Crippen molar-refractivity contribution in [2.75, 3.05) is 19.8 Å². The Morgan fingerprint density at radius 3 is 3.00 bits per heavy atom. The van der Waals surface area contributed by atoms with E-state index in [1.807, 2.05) is 0 Å². The van der Waals surface area contributed by atoms with Gasteiger partial charge in [0, 0.05) is 19.1 Å². The van der Waals surface area contributed by atoms with Gasteiger partial charge in [0.2, 0.25) is 0 Å². The molecule has 0 heterocycles. The van der Waals surface area contributed by atoms with Crippen LogP contribution in [0.4, 0.5) is 0 Å². The number of allylic oxidation sites excluding steroid dienone is 3. The molecule has 13 heavy (non-hydrogen) atoms. The second-order valence-corrected chi connectivity index (χ2v) is 3.76. The highest BCUT2D eigenvalue weighted by atomic mass is 16.5. The van der Waals surface area contributed by atoms with E-state index in [0.717, 1.165) is 13.0 Å². The first-order valence-corrected chi connectivity index (χ1v) is 4.97. The van der Waals surface area contributed by atoms with Gasteiger partial charge in [0.1, 0.15) is 0 Å². The minimum Gasteiger partial charge on any atom is -0.396 e. The van der Waals surface area contributed by atoms with Gasteiger partial charge < -0.3 is 9.84 Å². The van der Waals surface area contributed by atoms with Gasteiger partial charge in [0.25, 0.3) is 0 Å². The van der Waals surface area contributed by atoms with Crippen molar-refractivity contribution in [3.8, 4) is 0 Å². The van der Waals surface area contributed by atoms with Gasteiger partial charge in [-0.05, 0) is 24.3 Å². The van der Waals surface area contributed by atoms with Crippen LogP contribution in [-0.4, -0.2) is 24.9 Å². The van der Waals surface area contributed by atoms with Crippen LogP contribution in [0, 0.1) is 11.8 Å². The molecular weight excluding hydrogens is 164 g/mol. The molecule has 0 saturated heterocycles. The maximum atomic E-state index is 8.56. The average molecular weight is 180 g/mol. The van der Waals surface area contributed by atoms with Crippen molar-refractivity contribution in [3.05, 3.63) is 23.8 Å². The van der Waals surface area contributed by atoms with Crippen molar-refractivity contribution < 1.29 is 9.84 Å². The van der Waals surface area contributed by atoms with Gasteiger partial charge in [0.05, 0.1) is 6.61 Å². The maximum Gasteiger partial charge on any atom is 0.0682 e. The number of aliphatic hydroxyl groups excluding tert-OH is 1. The molecule has 0 aromatic carbocycles. The molecule has 0 fully saturated rings. The molecule has 0 aromatic rings. The van der Waals surface area contributed by atoms with Gasteiger partial charge in [-0.15, -0.1) is 0 Å². The van der Waals surface area contributed by atoms with E-state index in [2.05, 4.69) is 18.2 Å². The second kappa shape index (κ2) is 4.07. The highest BCUT2D eigenvalue weighted by molar-refractivity contribution is 5.30. The zero-order valence-electron chi connectivity index (χ0n) is 7.78. The summed E-state index contributed by atoms with van der Waals surface area (Å²) >= 11 is 0. The molecule has 2 atom stereocenters. The number of hydrogen-bond acceptors (Lipinski definition) is 2. The van der Waals surface area contributed by atoms with E-state index in [9.17, 15) is 0 Å². The van der Waals surface area contributed by atoms with Crippen LogP contribution in [0.5, 0.6) is 0 Å². The number of fused-ring (bicyclic) bond motifs is 2. The Morgan fingerprint density at radius 2 is 2.38 bits per heavy atom. The minimum atomic E-state index is 0.227. The van der Waals surface area contributed by atoms with E-state index in [4.69, 9.17) is 9.84 Å². The Morgan fingerprint density at radius 1 is 1.46 bits per heavy atom. The second-order valence-electron chi connectivity index (χ2n) is 3.76. The molecule has 1 N–H and O–H groups in total. The molecule has 72 valence electrons. The average Bonchev–Trinajstić information content (AvgIpc) is 2.73.